The number of furan rings is 1. The standard InChI is InChI=1S/C15H22O4/c1-7-15(5,6)12-10(13(17)18)9(8-16)11(19-12)14(2,3)4/h8H,7H2,1-6H3,(H,17,18). The summed E-state index contributed by atoms with van der Waals surface area (Å²) in [6, 6.07) is 0. The molecule has 0 aromatic carbocycles. The number of hydrogen-bond donors (Lipinski definition) is 1. The Balaban J connectivity index is 3.71. The summed E-state index contributed by atoms with van der Waals surface area (Å²) in [7, 11) is 0. The summed E-state index contributed by atoms with van der Waals surface area (Å²) in [5.74, 6) is -0.288. The number of carbonyl (C=O) groups is 2. The van der Waals surface area contributed by atoms with Crippen LogP contribution in [0.15, 0.2) is 4.42 Å². The lowest BCUT2D eigenvalue weighted by molar-refractivity contribution is 0.0689. The zero-order valence-electron chi connectivity index (χ0n) is 12.5. The number of carbonyl (C=O) groups excluding carboxylic acids is 1. The average molecular weight is 266 g/mol. The van der Waals surface area contributed by atoms with Crippen LogP contribution in [0.4, 0.5) is 0 Å². The van der Waals surface area contributed by atoms with Gasteiger partial charge in [0.2, 0.25) is 0 Å². The number of carboxylic acid groups (broad SMARTS) is 1. The van der Waals surface area contributed by atoms with Crippen LogP contribution in [0.1, 0.15) is 80.2 Å². The Bertz CT molecular complexity index is 501. The van der Waals surface area contributed by atoms with Gasteiger partial charge < -0.3 is 9.52 Å². The molecule has 1 heterocycles. The maximum Gasteiger partial charge on any atom is 0.340 e. The van der Waals surface area contributed by atoms with Gasteiger partial charge in [-0.3, -0.25) is 4.79 Å². The van der Waals surface area contributed by atoms with E-state index in [0.717, 1.165) is 6.42 Å². The van der Waals surface area contributed by atoms with E-state index >= 15 is 0 Å². The van der Waals surface area contributed by atoms with Gasteiger partial charge in [-0.05, 0) is 6.42 Å². The van der Waals surface area contributed by atoms with Gasteiger partial charge in [0.05, 0.1) is 5.56 Å². The van der Waals surface area contributed by atoms with Crippen LogP contribution in [0.5, 0.6) is 0 Å². The van der Waals surface area contributed by atoms with E-state index < -0.39 is 16.8 Å². The Hall–Kier alpha value is -1.58. The molecule has 1 aromatic heterocycles. The van der Waals surface area contributed by atoms with Crippen LogP contribution in [0, 0.1) is 0 Å². The molecule has 0 amide bonds. The van der Waals surface area contributed by atoms with Crippen LogP contribution >= 0.6 is 0 Å². The molecular weight excluding hydrogens is 244 g/mol. The van der Waals surface area contributed by atoms with Crippen molar-refractivity contribution in [2.45, 2.75) is 58.8 Å². The van der Waals surface area contributed by atoms with Crippen molar-refractivity contribution in [2.75, 3.05) is 0 Å². The summed E-state index contributed by atoms with van der Waals surface area (Å²) >= 11 is 0. The third-order valence-corrected chi connectivity index (χ3v) is 3.46. The van der Waals surface area contributed by atoms with Gasteiger partial charge in [-0.15, -0.1) is 0 Å². The molecule has 0 saturated heterocycles. The van der Waals surface area contributed by atoms with Crippen molar-refractivity contribution in [3.8, 4) is 0 Å². The Morgan fingerprint density at radius 2 is 1.74 bits per heavy atom. The maximum atomic E-state index is 11.5. The predicted octanol–water partition coefficient (Wildman–Crippen LogP) is 3.78. The number of aromatic carboxylic acids is 1. The highest BCUT2D eigenvalue weighted by molar-refractivity contribution is 5.99. The smallest absolute Gasteiger partial charge is 0.340 e. The average Bonchev–Trinajstić information content (AvgIpc) is 2.68. The fourth-order valence-electron chi connectivity index (χ4n) is 1.96. The summed E-state index contributed by atoms with van der Waals surface area (Å²) in [6.07, 6.45) is 1.31. The second-order valence-electron chi connectivity index (χ2n) is 6.46. The van der Waals surface area contributed by atoms with Gasteiger partial charge in [-0.25, -0.2) is 4.79 Å². The van der Waals surface area contributed by atoms with Crippen molar-refractivity contribution in [3.63, 3.8) is 0 Å². The molecule has 0 aliphatic heterocycles. The summed E-state index contributed by atoms with van der Waals surface area (Å²) in [4.78, 5) is 22.8. The van der Waals surface area contributed by atoms with Crippen molar-refractivity contribution < 1.29 is 19.1 Å². The minimum Gasteiger partial charge on any atom is -0.478 e. The van der Waals surface area contributed by atoms with E-state index in [-0.39, 0.29) is 11.1 Å². The number of rotatable bonds is 4. The molecule has 1 rings (SSSR count). The Labute approximate surface area is 113 Å². The summed E-state index contributed by atoms with van der Waals surface area (Å²) < 4.78 is 5.81. The molecule has 0 bridgehead atoms. The van der Waals surface area contributed by atoms with Crippen molar-refractivity contribution in [1.29, 1.82) is 0 Å². The van der Waals surface area contributed by atoms with Crippen LogP contribution in [0.2, 0.25) is 0 Å². The molecule has 0 atom stereocenters. The second-order valence-corrected chi connectivity index (χ2v) is 6.46. The Kier molecular flexibility index (Phi) is 3.94. The van der Waals surface area contributed by atoms with E-state index in [1.807, 2.05) is 41.5 Å². The molecule has 0 spiro atoms. The van der Waals surface area contributed by atoms with Crippen LogP contribution in [0.3, 0.4) is 0 Å². The summed E-state index contributed by atoms with van der Waals surface area (Å²) in [6.45, 7) is 11.5. The first-order chi connectivity index (χ1) is 8.56. The molecule has 1 aromatic rings. The van der Waals surface area contributed by atoms with Gasteiger partial charge in [-0.2, -0.15) is 0 Å². The molecule has 0 fully saturated rings. The third-order valence-electron chi connectivity index (χ3n) is 3.46. The van der Waals surface area contributed by atoms with Gasteiger partial charge in [0.15, 0.2) is 6.29 Å². The van der Waals surface area contributed by atoms with Crippen LogP contribution < -0.4 is 0 Å². The van der Waals surface area contributed by atoms with Gasteiger partial charge in [-0.1, -0.05) is 41.5 Å². The lowest BCUT2D eigenvalue weighted by Gasteiger charge is -2.21. The molecule has 106 valence electrons. The fourth-order valence-corrected chi connectivity index (χ4v) is 1.96. The monoisotopic (exact) mass is 266 g/mol. The first-order valence-corrected chi connectivity index (χ1v) is 6.42. The van der Waals surface area contributed by atoms with Crippen LogP contribution in [0.25, 0.3) is 0 Å². The van der Waals surface area contributed by atoms with Gasteiger partial charge in [0.1, 0.15) is 17.1 Å². The number of aldehydes is 1. The molecule has 19 heavy (non-hydrogen) atoms. The molecular formula is C15H22O4. The first kappa shape index (κ1) is 15.5. The number of hydrogen-bond acceptors (Lipinski definition) is 3. The van der Waals surface area contributed by atoms with Gasteiger partial charge in [0.25, 0.3) is 0 Å². The summed E-state index contributed by atoms with van der Waals surface area (Å²) in [5, 5.41) is 9.40. The highest BCUT2D eigenvalue weighted by atomic mass is 16.4. The lowest BCUT2D eigenvalue weighted by Crippen LogP contribution is -2.18. The van der Waals surface area contributed by atoms with E-state index in [1.165, 1.54) is 0 Å². The minimum atomic E-state index is -1.11. The summed E-state index contributed by atoms with van der Waals surface area (Å²) in [5.41, 5.74) is -0.666. The Morgan fingerprint density at radius 3 is 2.05 bits per heavy atom. The van der Waals surface area contributed by atoms with E-state index in [0.29, 0.717) is 17.8 Å². The van der Waals surface area contributed by atoms with Crippen LogP contribution in [-0.4, -0.2) is 17.4 Å². The van der Waals surface area contributed by atoms with Crippen molar-refractivity contribution in [3.05, 3.63) is 22.6 Å². The predicted molar refractivity (Wildman–Crippen MR) is 73.1 cm³/mol. The largest absolute Gasteiger partial charge is 0.478 e. The van der Waals surface area contributed by atoms with E-state index in [9.17, 15) is 14.7 Å². The molecule has 0 radical (unpaired) electrons. The van der Waals surface area contributed by atoms with Crippen molar-refractivity contribution >= 4 is 12.3 Å². The zero-order chi connectivity index (χ0) is 15.0. The quantitative estimate of drug-likeness (QED) is 0.842. The first-order valence-electron chi connectivity index (χ1n) is 6.42. The molecule has 4 nitrogen and oxygen atoms in total. The zero-order valence-corrected chi connectivity index (χ0v) is 12.5. The van der Waals surface area contributed by atoms with E-state index in [1.54, 1.807) is 0 Å². The van der Waals surface area contributed by atoms with E-state index in [2.05, 4.69) is 0 Å². The van der Waals surface area contributed by atoms with E-state index in [4.69, 9.17) is 4.42 Å². The fraction of sp³-hybridized carbons (Fsp3) is 0.600. The van der Waals surface area contributed by atoms with Crippen LogP contribution in [-0.2, 0) is 10.8 Å². The van der Waals surface area contributed by atoms with Crippen molar-refractivity contribution in [2.24, 2.45) is 0 Å². The molecule has 0 aliphatic rings. The minimum absolute atomic E-state index is 0.00627. The van der Waals surface area contributed by atoms with Gasteiger partial charge >= 0.3 is 5.97 Å². The maximum absolute atomic E-state index is 11.5. The SMILES string of the molecule is CCC(C)(C)c1oc(C(C)(C)C)c(C=O)c1C(=O)O. The Morgan fingerprint density at radius 1 is 1.21 bits per heavy atom. The molecule has 1 N–H and O–H groups in total. The topological polar surface area (TPSA) is 67.5 Å². The molecule has 0 unspecified atom stereocenters. The highest BCUT2D eigenvalue weighted by Gasteiger charge is 2.36. The third kappa shape index (κ3) is 2.72. The molecule has 4 heteroatoms. The lowest BCUT2D eigenvalue weighted by atomic mass is 9.83. The second kappa shape index (κ2) is 4.83. The highest BCUT2D eigenvalue weighted by Crippen LogP contribution is 2.38. The molecule has 0 aliphatic carbocycles. The van der Waals surface area contributed by atoms with Gasteiger partial charge in [0, 0.05) is 10.8 Å². The molecule has 0 saturated carbocycles. The normalized spacial score (nSPS) is 12.5. The van der Waals surface area contributed by atoms with Crippen molar-refractivity contribution in [1.82, 2.24) is 0 Å². The number of carboxylic acids is 1.